The zero-order valence-corrected chi connectivity index (χ0v) is 19.1. The highest BCUT2D eigenvalue weighted by Gasteiger charge is 2.60. The van der Waals surface area contributed by atoms with E-state index in [4.69, 9.17) is 6.85 Å². The summed E-state index contributed by atoms with van der Waals surface area (Å²) in [5, 5.41) is 10.7. The Morgan fingerprint density at radius 2 is 1.71 bits per heavy atom. The van der Waals surface area contributed by atoms with Gasteiger partial charge in [-0.3, -0.25) is 0 Å². The van der Waals surface area contributed by atoms with Gasteiger partial charge < -0.3 is 5.11 Å². The van der Waals surface area contributed by atoms with E-state index >= 15 is 0 Å². The van der Waals surface area contributed by atoms with Crippen LogP contribution >= 0.6 is 0 Å². The first-order chi connectivity index (χ1) is 15.1. The molecule has 28 heavy (non-hydrogen) atoms. The van der Waals surface area contributed by atoms with Crippen molar-refractivity contribution in [2.75, 3.05) is 0 Å². The molecule has 0 unspecified atom stereocenters. The van der Waals surface area contributed by atoms with Crippen LogP contribution in [-0.4, -0.2) is 11.2 Å². The summed E-state index contributed by atoms with van der Waals surface area (Å²) in [6, 6.07) is 0. The smallest absolute Gasteiger partial charge is 0.0600 e. The molecule has 4 saturated carbocycles. The molecule has 4 aliphatic rings. The highest BCUT2D eigenvalue weighted by atomic mass is 16.3. The third kappa shape index (κ3) is 3.50. The number of hydrogen-bond donors (Lipinski definition) is 1. The second kappa shape index (κ2) is 7.90. The Bertz CT molecular complexity index is 736. The van der Waals surface area contributed by atoms with E-state index in [0.29, 0.717) is 29.6 Å². The molecule has 1 N–H and O–H groups in total. The van der Waals surface area contributed by atoms with Crippen molar-refractivity contribution in [3.8, 4) is 0 Å². The molecule has 0 spiro atoms. The first kappa shape index (κ1) is 15.7. The van der Waals surface area contributed by atoms with Gasteiger partial charge in [0.25, 0.3) is 0 Å². The fourth-order valence-electron chi connectivity index (χ4n) is 8.46. The molecular formula is C27H48O. The molecule has 0 aromatic rings. The molecule has 0 radical (unpaired) electrons. The zero-order chi connectivity index (χ0) is 24.6. The number of aliphatic hydroxyl groups is 1. The van der Waals surface area contributed by atoms with Gasteiger partial charge in [-0.25, -0.2) is 0 Å². The van der Waals surface area contributed by atoms with Crippen molar-refractivity contribution in [2.24, 2.45) is 52.3 Å². The Labute approximate surface area is 182 Å². The summed E-state index contributed by atoms with van der Waals surface area (Å²) in [7, 11) is 0. The predicted molar refractivity (Wildman–Crippen MR) is 119 cm³/mol. The Morgan fingerprint density at radius 1 is 0.964 bits per heavy atom. The molecule has 0 aromatic carbocycles. The molecule has 4 aliphatic carbocycles. The molecule has 0 bridgehead atoms. The van der Waals surface area contributed by atoms with Crippen LogP contribution in [0.2, 0.25) is 0 Å². The largest absolute Gasteiger partial charge is 0.393 e. The lowest BCUT2D eigenvalue weighted by Gasteiger charge is -2.61. The van der Waals surface area contributed by atoms with Gasteiger partial charge >= 0.3 is 0 Å². The molecule has 0 aromatic heterocycles. The molecule has 1 heteroatoms. The maximum atomic E-state index is 10.7. The van der Waals surface area contributed by atoms with Crippen LogP contribution in [0.3, 0.4) is 0 Å². The standard InChI is InChI=1S/C27H48O/c1-18(2)7-6-8-19(3)23-11-12-24-22-10-9-20-17-21(28)13-15-26(20,4)25(22)14-16-27(23,24)5/h18-25,28H,6-17H2,1-5H3/t19-,20+,21+,22+,23-,24+,25+,26+,27-/m1/s1/i13D2,17D2,21D. The quantitative estimate of drug-likeness (QED) is 0.513. The van der Waals surface area contributed by atoms with Crippen molar-refractivity contribution in [3.63, 3.8) is 0 Å². The van der Waals surface area contributed by atoms with E-state index in [0.717, 1.165) is 37.0 Å². The fourth-order valence-corrected chi connectivity index (χ4v) is 8.46. The summed E-state index contributed by atoms with van der Waals surface area (Å²) in [4.78, 5) is 0. The Hall–Kier alpha value is -0.0400. The predicted octanol–water partition coefficient (Wildman–Crippen LogP) is 7.47. The van der Waals surface area contributed by atoms with Gasteiger partial charge in [-0.05, 0) is 110 Å². The third-order valence-electron chi connectivity index (χ3n) is 10.0. The molecule has 0 saturated heterocycles. The van der Waals surface area contributed by atoms with Crippen LogP contribution in [0, 0.1) is 52.3 Å². The number of rotatable bonds is 5. The Morgan fingerprint density at radius 3 is 2.46 bits per heavy atom. The van der Waals surface area contributed by atoms with Crippen molar-refractivity contribution in [1.82, 2.24) is 0 Å². The first-order valence-electron chi connectivity index (χ1n) is 14.8. The van der Waals surface area contributed by atoms with Crippen molar-refractivity contribution in [3.05, 3.63) is 0 Å². The first-order valence-corrected chi connectivity index (χ1v) is 12.3. The maximum Gasteiger partial charge on any atom is 0.0600 e. The lowest BCUT2D eigenvalue weighted by molar-refractivity contribution is -0.129. The lowest BCUT2D eigenvalue weighted by atomic mass is 9.44. The van der Waals surface area contributed by atoms with Gasteiger partial charge in [0.1, 0.15) is 0 Å². The van der Waals surface area contributed by atoms with Gasteiger partial charge in [-0.1, -0.05) is 53.9 Å². The molecular weight excluding hydrogens is 340 g/mol. The number of fused-ring (bicyclic) bond motifs is 5. The van der Waals surface area contributed by atoms with Crippen LogP contribution in [0.4, 0.5) is 0 Å². The molecule has 0 heterocycles. The SMILES string of the molecule is [2H]C1([2H])C[C@]2(C)[C@H]3CC[C@]4(C)[C@@H]([C@H](C)CCCC(C)C)CC[C@H]4[C@@H]3CC[C@H]2C([2H])([2H])[C@@]1([2H])O. The Balaban J connectivity index is 1.56. The van der Waals surface area contributed by atoms with Crippen LogP contribution in [0.25, 0.3) is 0 Å². The van der Waals surface area contributed by atoms with E-state index in [-0.39, 0.29) is 6.42 Å². The Kier molecular flexibility index (Phi) is 4.43. The van der Waals surface area contributed by atoms with Crippen LogP contribution in [-0.2, 0) is 0 Å². The van der Waals surface area contributed by atoms with Gasteiger partial charge in [0.2, 0.25) is 0 Å². The summed E-state index contributed by atoms with van der Waals surface area (Å²) in [5.41, 5.74) is -0.143. The van der Waals surface area contributed by atoms with E-state index in [1.807, 2.05) is 0 Å². The normalized spacial score (nSPS) is 58.2. The molecule has 4 fully saturated rings. The van der Waals surface area contributed by atoms with E-state index < -0.39 is 30.2 Å². The van der Waals surface area contributed by atoms with E-state index in [9.17, 15) is 5.11 Å². The zero-order valence-electron chi connectivity index (χ0n) is 24.1. The van der Waals surface area contributed by atoms with E-state index in [2.05, 4.69) is 34.6 Å². The van der Waals surface area contributed by atoms with Crippen LogP contribution < -0.4 is 0 Å². The van der Waals surface area contributed by atoms with Crippen molar-refractivity contribution >= 4 is 0 Å². The van der Waals surface area contributed by atoms with Crippen LogP contribution in [0.5, 0.6) is 0 Å². The minimum atomic E-state index is -2.69. The molecule has 9 atom stereocenters. The lowest BCUT2D eigenvalue weighted by Crippen LogP contribution is -2.54. The monoisotopic (exact) mass is 393 g/mol. The average molecular weight is 394 g/mol. The average Bonchev–Trinajstić information content (AvgIpc) is 3.03. The van der Waals surface area contributed by atoms with Gasteiger partial charge in [0.05, 0.1) is 7.45 Å². The second-order valence-electron chi connectivity index (χ2n) is 11.9. The summed E-state index contributed by atoms with van der Waals surface area (Å²) in [6.07, 6.45) is 3.31. The second-order valence-corrected chi connectivity index (χ2v) is 11.9. The van der Waals surface area contributed by atoms with Crippen molar-refractivity contribution in [1.29, 1.82) is 0 Å². The van der Waals surface area contributed by atoms with Crippen molar-refractivity contribution < 1.29 is 12.0 Å². The van der Waals surface area contributed by atoms with Crippen LogP contribution in [0.1, 0.15) is 118 Å². The van der Waals surface area contributed by atoms with Gasteiger partial charge in [0.15, 0.2) is 0 Å². The highest BCUT2D eigenvalue weighted by Crippen LogP contribution is 2.68. The molecule has 4 rings (SSSR count). The summed E-state index contributed by atoms with van der Waals surface area (Å²) in [5.74, 6) is 3.32. The molecule has 0 aliphatic heterocycles. The minimum Gasteiger partial charge on any atom is -0.393 e. The molecule has 0 amide bonds. The minimum absolute atomic E-state index is 0.101. The van der Waals surface area contributed by atoms with E-state index in [1.165, 1.54) is 32.1 Å². The van der Waals surface area contributed by atoms with Gasteiger partial charge in [0, 0.05) is 5.48 Å². The van der Waals surface area contributed by atoms with Crippen molar-refractivity contribution in [2.45, 2.75) is 118 Å². The fraction of sp³-hybridized carbons (Fsp3) is 1.00. The van der Waals surface area contributed by atoms with Crippen LogP contribution in [0.15, 0.2) is 0 Å². The van der Waals surface area contributed by atoms with E-state index in [1.54, 1.807) is 0 Å². The third-order valence-corrected chi connectivity index (χ3v) is 10.0. The topological polar surface area (TPSA) is 20.2 Å². The summed E-state index contributed by atoms with van der Waals surface area (Å²) >= 11 is 0. The number of hydrogen-bond acceptors (Lipinski definition) is 1. The molecule has 162 valence electrons. The summed E-state index contributed by atoms with van der Waals surface area (Å²) in [6.45, 7) is 11.7. The van der Waals surface area contributed by atoms with Gasteiger partial charge in [-0.15, -0.1) is 0 Å². The van der Waals surface area contributed by atoms with Gasteiger partial charge in [-0.2, -0.15) is 0 Å². The molecule has 1 nitrogen and oxygen atoms in total. The highest BCUT2D eigenvalue weighted by molar-refractivity contribution is 5.09. The summed E-state index contributed by atoms with van der Waals surface area (Å²) < 4.78 is 42.7. The maximum absolute atomic E-state index is 10.7.